The summed E-state index contributed by atoms with van der Waals surface area (Å²) >= 11 is 1.69. The van der Waals surface area contributed by atoms with Crippen molar-refractivity contribution in [3.05, 3.63) is 30.6 Å². The van der Waals surface area contributed by atoms with Crippen LogP contribution in [0, 0.1) is 0 Å². The molecule has 0 aromatic carbocycles. The molecule has 1 N–H and O–H groups in total. The minimum Gasteiger partial charge on any atom is -0.380 e. The summed E-state index contributed by atoms with van der Waals surface area (Å²) in [5, 5.41) is 4.29. The van der Waals surface area contributed by atoms with Gasteiger partial charge in [-0.05, 0) is 18.2 Å². The highest BCUT2D eigenvalue weighted by Crippen LogP contribution is 2.36. The van der Waals surface area contributed by atoms with Crippen LogP contribution in [0.3, 0.4) is 0 Å². The molecule has 6 nitrogen and oxygen atoms in total. The van der Waals surface area contributed by atoms with Gasteiger partial charge in [0.1, 0.15) is 0 Å². The van der Waals surface area contributed by atoms with Crippen LogP contribution in [0.4, 0.5) is 10.8 Å². The van der Waals surface area contributed by atoms with Crippen LogP contribution in [0.5, 0.6) is 0 Å². The first-order valence-electron chi connectivity index (χ1n) is 7.57. The topological polar surface area (TPSA) is 63.2 Å². The van der Waals surface area contributed by atoms with Gasteiger partial charge in [0.15, 0.2) is 11.6 Å². The van der Waals surface area contributed by atoms with E-state index in [1.165, 1.54) is 0 Å². The van der Waals surface area contributed by atoms with Gasteiger partial charge in [-0.3, -0.25) is 4.98 Å². The summed E-state index contributed by atoms with van der Waals surface area (Å²) in [4.78, 5) is 16.0. The first kappa shape index (κ1) is 14.3. The lowest BCUT2D eigenvalue weighted by Gasteiger charge is -2.28. The van der Waals surface area contributed by atoms with Gasteiger partial charge < -0.3 is 15.0 Å². The summed E-state index contributed by atoms with van der Waals surface area (Å²) in [6.07, 6.45) is 3.56. The summed E-state index contributed by atoms with van der Waals surface area (Å²) in [6, 6.07) is 5.97. The monoisotopic (exact) mass is 327 g/mol. The van der Waals surface area contributed by atoms with Crippen molar-refractivity contribution in [3.8, 4) is 11.4 Å². The maximum atomic E-state index is 5.47. The molecule has 3 aromatic rings. The molecule has 1 saturated heterocycles. The number of hydrogen-bond acceptors (Lipinski definition) is 7. The molecule has 0 spiro atoms. The SMILES string of the molecule is CNc1cc2nc(-c3cccnc3)nc(N3CCOCC3)c2s1. The van der Waals surface area contributed by atoms with E-state index in [1.807, 2.05) is 19.2 Å². The van der Waals surface area contributed by atoms with Gasteiger partial charge in [-0.2, -0.15) is 0 Å². The fourth-order valence-corrected chi connectivity index (χ4v) is 3.62. The lowest BCUT2D eigenvalue weighted by atomic mass is 10.2. The molecule has 23 heavy (non-hydrogen) atoms. The molecule has 0 bridgehead atoms. The Morgan fingerprint density at radius 2 is 2.13 bits per heavy atom. The summed E-state index contributed by atoms with van der Waals surface area (Å²) in [5.74, 6) is 1.70. The van der Waals surface area contributed by atoms with E-state index in [-0.39, 0.29) is 0 Å². The zero-order valence-corrected chi connectivity index (χ0v) is 13.6. The smallest absolute Gasteiger partial charge is 0.163 e. The number of nitrogens with one attached hydrogen (secondary N) is 1. The maximum Gasteiger partial charge on any atom is 0.163 e. The Hall–Kier alpha value is -2.25. The van der Waals surface area contributed by atoms with Gasteiger partial charge >= 0.3 is 0 Å². The normalized spacial score (nSPS) is 15.1. The van der Waals surface area contributed by atoms with Crippen LogP contribution in [0.15, 0.2) is 30.6 Å². The number of morpholine rings is 1. The first-order valence-corrected chi connectivity index (χ1v) is 8.39. The quantitative estimate of drug-likeness (QED) is 0.798. The van der Waals surface area contributed by atoms with Gasteiger partial charge in [0.05, 0.1) is 28.4 Å². The Bertz CT molecular complexity index is 814. The van der Waals surface area contributed by atoms with E-state index < -0.39 is 0 Å². The third kappa shape index (κ3) is 2.73. The second-order valence-corrected chi connectivity index (χ2v) is 6.34. The Morgan fingerprint density at radius 3 is 2.87 bits per heavy atom. The Morgan fingerprint density at radius 1 is 1.26 bits per heavy atom. The number of fused-ring (bicyclic) bond motifs is 1. The Balaban J connectivity index is 1.88. The summed E-state index contributed by atoms with van der Waals surface area (Å²) in [6.45, 7) is 3.17. The van der Waals surface area contributed by atoms with Gasteiger partial charge in [-0.25, -0.2) is 9.97 Å². The number of thiophene rings is 1. The third-order valence-corrected chi connectivity index (χ3v) is 4.97. The van der Waals surface area contributed by atoms with Crippen molar-refractivity contribution >= 4 is 32.4 Å². The van der Waals surface area contributed by atoms with Crippen LogP contribution in [-0.2, 0) is 4.74 Å². The fourth-order valence-electron chi connectivity index (χ4n) is 2.65. The predicted octanol–water partition coefficient (Wildman–Crippen LogP) is 2.63. The molecule has 0 radical (unpaired) electrons. The van der Waals surface area contributed by atoms with Crippen molar-refractivity contribution in [1.82, 2.24) is 15.0 Å². The number of hydrogen-bond donors (Lipinski definition) is 1. The Kier molecular flexibility index (Phi) is 3.80. The highest BCUT2D eigenvalue weighted by Gasteiger charge is 2.19. The molecule has 1 aliphatic rings. The molecule has 118 valence electrons. The number of aromatic nitrogens is 3. The number of rotatable bonds is 3. The number of nitrogens with zero attached hydrogens (tertiary/aromatic N) is 4. The first-order chi connectivity index (χ1) is 11.3. The predicted molar refractivity (Wildman–Crippen MR) is 93.2 cm³/mol. The van der Waals surface area contributed by atoms with Gasteiger partial charge in [0, 0.05) is 38.1 Å². The van der Waals surface area contributed by atoms with E-state index in [0.29, 0.717) is 5.82 Å². The maximum absolute atomic E-state index is 5.47. The highest BCUT2D eigenvalue weighted by atomic mass is 32.1. The van der Waals surface area contributed by atoms with Crippen LogP contribution in [0.2, 0.25) is 0 Å². The van der Waals surface area contributed by atoms with Crippen molar-refractivity contribution < 1.29 is 4.74 Å². The molecule has 4 rings (SSSR count). The zero-order chi connectivity index (χ0) is 15.6. The molecular formula is C16H17N5OS. The second-order valence-electron chi connectivity index (χ2n) is 5.29. The lowest BCUT2D eigenvalue weighted by molar-refractivity contribution is 0.122. The molecule has 4 heterocycles. The van der Waals surface area contributed by atoms with Gasteiger partial charge in [-0.1, -0.05) is 0 Å². The zero-order valence-electron chi connectivity index (χ0n) is 12.8. The number of anilines is 2. The van der Waals surface area contributed by atoms with E-state index >= 15 is 0 Å². The number of ether oxygens (including phenoxy) is 1. The summed E-state index contributed by atoms with van der Waals surface area (Å²) in [7, 11) is 1.93. The minimum atomic E-state index is 0.715. The molecule has 3 aromatic heterocycles. The van der Waals surface area contributed by atoms with Gasteiger partial charge in [-0.15, -0.1) is 11.3 Å². The van der Waals surface area contributed by atoms with E-state index in [2.05, 4.69) is 21.3 Å². The summed E-state index contributed by atoms with van der Waals surface area (Å²) < 4.78 is 6.59. The van der Waals surface area contributed by atoms with E-state index in [1.54, 1.807) is 23.7 Å². The van der Waals surface area contributed by atoms with Crippen LogP contribution in [-0.4, -0.2) is 48.3 Å². The highest BCUT2D eigenvalue weighted by molar-refractivity contribution is 7.23. The second kappa shape index (κ2) is 6.10. The van der Waals surface area contributed by atoms with E-state index in [0.717, 1.165) is 52.9 Å². The molecule has 0 unspecified atom stereocenters. The van der Waals surface area contributed by atoms with E-state index in [4.69, 9.17) is 14.7 Å². The standard InChI is InChI=1S/C16H17N5OS/c1-17-13-9-12-14(23-13)16(21-5-7-22-8-6-21)20-15(19-12)11-3-2-4-18-10-11/h2-4,9-10,17H,5-8H2,1H3. The number of pyridine rings is 1. The van der Waals surface area contributed by atoms with Crippen LogP contribution < -0.4 is 10.2 Å². The van der Waals surface area contributed by atoms with Crippen molar-refractivity contribution in [1.29, 1.82) is 0 Å². The molecule has 0 saturated carbocycles. The van der Waals surface area contributed by atoms with Crippen molar-refractivity contribution in [3.63, 3.8) is 0 Å². The van der Waals surface area contributed by atoms with Crippen LogP contribution >= 0.6 is 11.3 Å². The Labute approximate surface area is 138 Å². The van der Waals surface area contributed by atoms with Crippen LogP contribution in [0.25, 0.3) is 21.6 Å². The fraction of sp³-hybridized carbons (Fsp3) is 0.312. The van der Waals surface area contributed by atoms with Crippen molar-refractivity contribution in [2.24, 2.45) is 0 Å². The van der Waals surface area contributed by atoms with E-state index in [9.17, 15) is 0 Å². The van der Waals surface area contributed by atoms with Crippen molar-refractivity contribution in [2.45, 2.75) is 0 Å². The molecule has 0 amide bonds. The average Bonchev–Trinajstić information content (AvgIpc) is 3.05. The molecule has 0 atom stereocenters. The molecule has 1 fully saturated rings. The van der Waals surface area contributed by atoms with Crippen LogP contribution in [0.1, 0.15) is 0 Å². The minimum absolute atomic E-state index is 0.715. The third-order valence-electron chi connectivity index (χ3n) is 3.83. The van der Waals surface area contributed by atoms with Gasteiger partial charge in [0.2, 0.25) is 0 Å². The molecule has 0 aliphatic carbocycles. The lowest BCUT2D eigenvalue weighted by Crippen LogP contribution is -2.36. The molecular weight excluding hydrogens is 310 g/mol. The van der Waals surface area contributed by atoms with Gasteiger partial charge in [0.25, 0.3) is 0 Å². The average molecular weight is 327 g/mol. The van der Waals surface area contributed by atoms with Crippen molar-refractivity contribution in [2.75, 3.05) is 43.6 Å². The molecule has 1 aliphatic heterocycles. The summed E-state index contributed by atoms with van der Waals surface area (Å²) in [5.41, 5.74) is 1.90. The largest absolute Gasteiger partial charge is 0.380 e. The molecule has 7 heteroatoms.